The van der Waals surface area contributed by atoms with Crippen molar-refractivity contribution in [2.45, 2.75) is 13.3 Å². The van der Waals surface area contributed by atoms with E-state index in [1.807, 2.05) is 30.3 Å². The molecule has 0 aliphatic carbocycles. The van der Waals surface area contributed by atoms with Crippen molar-refractivity contribution in [3.8, 4) is 11.3 Å². The summed E-state index contributed by atoms with van der Waals surface area (Å²) in [6.45, 7) is 3.31. The van der Waals surface area contributed by atoms with Gasteiger partial charge in [-0.25, -0.2) is 9.37 Å². The monoisotopic (exact) mass is 430 g/mol. The van der Waals surface area contributed by atoms with Gasteiger partial charge in [0.15, 0.2) is 0 Å². The molecule has 0 radical (unpaired) electrons. The highest BCUT2D eigenvalue weighted by atomic mass is 35.5. The van der Waals surface area contributed by atoms with Crippen LogP contribution < -0.4 is 4.90 Å². The molecule has 154 valence electrons. The van der Waals surface area contributed by atoms with E-state index in [-0.39, 0.29) is 5.82 Å². The van der Waals surface area contributed by atoms with Gasteiger partial charge < -0.3 is 4.90 Å². The van der Waals surface area contributed by atoms with Crippen LogP contribution in [0, 0.1) is 12.7 Å². The van der Waals surface area contributed by atoms with Crippen molar-refractivity contribution >= 4 is 33.9 Å². The van der Waals surface area contributed by atoms with Gasteiger partial charge in [-0.05, 0) is 66.9 Å². The predicted molar refractivity (Wildman–Crippen MR) is 124 cm³/mol. The normalized spacial score (nSPS) is 14.0. The van der Waals surface area contributed by atoms with E-state index in [4.69, 9.17) is 16.6 Å². The second-order valence-corrected chi connectivity index (χ2v) is 8.09. The maximum atomic E-state index is 13.7. The fourth-order valence-electron chi connectivity index (χ4n) is 3.92. The third kappa shape index (κ3) is 3.89. The summed E-state index contributed by atoms with van der Waals surface area (Å²) in [5.41, 5.74) is 5.14. The predicted octanol–water partition coefficient (Wildman–Crippen LogP) is 6.09. The van der Waals surface area contributed by atoms with Crippen LogP contribution in [-0.2, 0) is 0 Å². The van der Waals surface area contributed by atoms with Crippen LogP contribution in [0.2, 0.25) is 5.02 Å². The molecule has 2 aromatic heterocycles. The second-order valence-electron chi connectivity index (χ2n) is 7.65. The van der Waals surface area contributed by atoms with Gasteiger partial charge in [0.05, 0.1) is 16.9 Å². The Morgan fingerprint density at radius 2 is 1.77 bits per heavy atom. The minimum absolute atomic E-state index is 0.217. The number of fused-ring (bicyclic) bond motifs is 1. The standard InChI is InChI=1S/C25H20ClFN4/c1-16-14-19(3-6-21(16)27)25-24(28-10-11-29-25)18-8-12-31(13-9-18)23-7-4-17-2-5-20(26)15-22(17)30-23/h2-8,10-11,14-15H,9,12-13H2,1H3. The van der Waals surface area contributed by atoms with Gasteiger partial charge >= 0.3 is 0 Å². The van der Waals surface area contributed by atoms with Gasteiger partial charge in [0.1, 0.15) is 11.6 Å². The third-order valence-corrected chi connectivity index (χ3v) is 5.84. The zero-order valence-corrected chi connectivity index (χ0v) is 17.8. The lowest BCUT2D eigenvalue weighted by molar-refractivity contribution is 0.618. The lowest BCUT2D eigenvalue weighted by Gasteiger charge is -2.28. The van der Waals surface area contributed by atoms with E-state index in [1.165, 1.54) is 6.07 Å². The van der Waals surface area contributed by atoms with Crippen molar-refractivity contribution in [1.82, 2.24) is 15.0 Å². The quantitative estimate of drug-likeness (QED) is 0.394. The Labute approximate surface area is 185 Å². The third-order valence-electron chi connectivity index (χ3n) is 5.61. The summed E-state index contributed by atoms with van der Waals surface area (Å²) in [6, 6.07) is 14.9. The van der Waals surface area contributed by atoms with Gasteiger partial charge in [-0.2, -0.15) is 0 Å². The van der Waals surface area contributed by atoms with Crippen LogP contribution in [0.1, 0.15) is 17.7 Å². The van der Waals surface area contributed by atoms with E-state index >= 15 is 0 Å². The fraction of sp³-hybridized carbons (Fsp3) is 0.160. The average Bonchev–Trinajstić information content (AvgIpc) is 2.80. The molecule has 0 bridgehead atoms. The first kappa shape index (κ1) is 19.6. The Morgan fingerprint density at radius 3 is 2.55 bits per heavy atom. The highest BCUT2D eigenvalue weighted by molar-refractivity contribution is 6.31. The van der Waals surface area contributed by atoms with Crippen molar-refractivity contribution in [2.75, 3.05) is 18.0 Å². The lowest BCUT2D eigenvalue weighted by Crippen LogP contribution is -2.29. The summed E-state index contributed by atoms with van der Waals surface area (Å²) in [5.74, 6) is 0.712. The van der Waals surface area contributed by atoms with Gasteiger partial charge in [0, 0.05) is 41.5 Å². The Bertz CT molecular complexity index is 1320. The maximum absolute atomic E-state index is 13.7. The number of hydrogen-bond acceptors (Lipinski definition) is 4. The van der Waals surface area contributed by atoms with Crippen molar-refractivity contribution in [3.63, 3.8) is 0 Å². The maximum Gasteiger partial charge on any atom is 0.129 e. The van der Waals surface area contributed by atoms with Crippen LogP contribution in [-0.4, -0.2) is 28.0 Å². The van der Waals surface area contributed by atoms with Crippen LogP contribution in [0.4, 0.5) is 10.2 Å². The van der Waals surface area contributed by atoms with Crippen LogP contribution >= 0.6 is 11.6 Å². The topological polar surface area (TPSA) is 41.9 Å². The summed E-state index contributed by atoms with van der Waals surface area (Å²) < 4.78 is 13.7. The van der Waals surface area contributed by atoms with Crippen LogP contribution in [0.15, 0.2) is 67.0 Å². The summed E-state index contributed by atoms with van der Waals surface area (Å²) >= 11 is 6.13. The first-order valence-corrected chi connectivity index (χ1v) is 10.5. The molecule has 1 aliphatic rings. The first-order valence-electron chi connectivity index (χ1n) is 10.2. The Balaban J connectivity index is 1.44. The van der Waals surface area contributed by atoms with Crippen LogP contribution in [0.3, 0.4) is 0 Å². The van der Waals surface area contributed by atoms with Crippen molar-refractivity contribution < 1.29 is 4.39 Å². The van der Waals surface area contributed by atoms with E-state index in [9.17, 15) is 4.39 Å². The number of halogens is 2. The van der Waals surface area contributed by atoms with E-state index in [0.29, 0.717) is 10.6 Å². The minimum Gasteiger partial charge on any atom is -0.353 e. The number of hydrogen-bond donors (Lipinski definition) is 0. The molecule has 0 amide bonds. The lowest BCUT2D eigenvalue weighted by atomic mass is 9.98. The number of aryl methyl sites for hydroxylation is 1. The molecule has 4 nitrogen and oxygen atoms in total. The number of nitrogens with zero attached hydrogens (tertiary/aromatic N) is 4. The van der Waals surface area contributed by atoms with Gasteiger partial charge in [-0.1, -0.05) is 23.7 Å². The number of benzene rings is 2. The van der Waals surface area contributed by atoms with Crippen molar-refractivity contribution in [1.29, 1.82) is 0 Å². The van der Waals surface area contributed by atoms with E-state index in [0.717, 1.165) is 58.8 Å². The Kier molecular flexibility index (Phi) is 5.12. The molecule has 0 atom stereocenters. The van der Waals surface area contributed by atoms with Crippen LogP contribution in [0.5, 0.6) is 0 Å². The molecule has 3 heterocycles. The smallest absolute Gasteiger partial charge is 0.129 e. The zero-order valence-electron chi connectivity index (χ0n) is 17.0. The molecule has 4 aromatic rings. The van der Waals surface area contributed by atoms with Gasteiger partial charge in [-0.15, -0.1) is 0 Å². The van der Waals surface area contributed by atoms with Crippen LogP contribution in [0.25, 0.3) is 27.7 Å². The molecular formula is C25H20ClFN4. The highest BCUT2D eigenvalue weighted by Gasteiger charge is 2.19. The van der Waals surface area contributed by atoms with Gasteiger partial charge in [0.2, 0.25) is 0 Å². The zero-order chi connectivity index (χ0) is 21.4. The summed E-state index contributed by atoms with van der Waals surface area (Å²) in [5, 5.41) is 1.75. The number of rotatable bonds is 3. The molecule has 6 heteroatoms. The Hall–Kier alpha value is -3.31. The van der Waals surface area contributed by atoms with Crippen molar-refractivity contribution in [3.05, 3.63) is 89.1 Å². The SMILES string of the molecule is Cc1cc(-c2nccnc2C2=CCN(c3ccc4ccc(Cl)cc4n3)CC2)ccc1F. The molecule has 0 N–H and O–H groups in total. The number of pyridine rings is 1. The molecule has 0 saturated heterocycles. The molecule has 5 rings (SSSR count). The first-order chi connectivity index (χ1) is 15.1. The molecule has 0 spiro atoms. The molecular weight excluding hydrogens is 411 g/mol. The molecule has 1 aliphatic heterocycles. The number of aromatic nitrogens is 3. The molecule has 0 unspecified atom stereocenters. The summed E-state index contributed by atoms with van der Waals surface area (Å²) in [6.07, 6.45) is 6.38. The van der Waals surface area contributed by atoms with Crippen molar-refractivity contribution in [2.24, 2.45) is 0 Å². The second kappa shape index (κ2) is 8.08. The highest BCUT2D eigenvalue weighted by Crippen LogP contribution is 2.31. The van der Waals surface area contributed by atoms with E-state index in [2.05, 4.69) is 27.0 Å². The average molecular weight is 431 g/mol. The van der Waals surface area contributed by atoms with E-state index < -0.39 is 0 Å². The molecule has 31 heavy (non-hydrogen) atoms. The summed E-state index contributed by atoms with van der Waals surface area (Å²) in [4.78, 5) is 16.2. The molecule has 2 aromatic carbocycles. The largest absolute Gasteiger partial charge is 0.353 e. The summed E-state index contributed by atoms with van der Waals surface area (Å²) in [7, 11) is 0. The van der Waals surface area contributed by atoms with E-state index in [1.54, 1.807) is 25.4 Å². The molecule has 0 fully saturated rings. The molecule has 0 saturated carbocycles. The minimum atomic E-state index is -0.217. The Morgan fingerprint density at radius 1 is 0.968 bits per heavy atom. The van der Waals surface area contributed by atoms with Gasteiger partial charge in [0.25, 0.3) is 0 Å². The fourth-order valence-corrected chi connectivity index (χ4v) is 4.09. The number of anilines is 1. The van der Waals surface area contributed by atoms with Gasteiger partial charge in [-0.3, -0.25) is 9.97 Å².